The number of nitrogens with one attached hydrogen (secondary N) is 2. The van der Waals surface area contributed by atoms with Gasteiger partial charge in [-0.3, -0.25) is 4.79 Å². The van der Waals surface area contributed by atoms with E-state index in [1.165, 1.54) is 50.5 Å². The Labute approximate surface area is 153 Å². The number of unbranched alkanes of at least 4 members (excludes halogenated alkanes) is 2. The Bertz CT molecular complexity index is 300. The Morgan fingerprint density at radius 3 is 2.59 bits per heavy atom. The van der Waals surface area contributed by atoms with Crippen LogP contribution in [0.25, 0.3) is 0 Å². The molecule has 1 fully saturated rings. The third-order valence-corrected chi connectivity index (χ3v) is 4.80. The number of quaternary nitrogens is 1. The molecule has 0 aromatic carbocycles. The van der Waals surface area contributed by atoms with Gasteiger partial charge >= 0.3 is 5.97 Å². The number of likely N-dealkylation sites (N-methyl/N-ethyl adjacent to an activating group) is 1. The number of hydrogen-bond donors (Lipinski definition) is 2. The van der Waals surface area contributed by atoms with E-state index in [4.69, 9.17) is 4.74 Å². The van der Waals surface area contributed by atoms with E-state index in [0.29, 0.717) is 24.3 Å². The summed E-state index contributed by atoms with van der Waals surface area (Å²) in [6.45, 7) is 4.47. The number of carbonyl (C=O) groups is 1. The Hall–Kier alpha value is 0.120. The number of carbonyl (C=O) groups excluding carboxylic acids is 1. The zero-order chi connectivity index (χ0) is 15.7. The number of rotatable bonds is 10. The molecule has 1 aliphatic rings. The van der Waals surface area contributed by atoms with Crippen LogP contribution >= 0.6 is 0 Å². The summed E-state index contributed by atoms with van der Waals surface area (Å²) < 4.78 is 4.87. The predicted molar refractivity (Wildman–Crippen MR) is 86.5 cm³/mol. The third-order valence-electron chi connectivity index (χ3n) is 4.80. The molecule has 0 heterocycles. The molecule has 1 aliphatic carbocycles. The molecule has 0 radical (unpaired) electrons. The summed E-state index contributed by atoms with van der Waals surface area (Å²) >= 11 is 0. The molecule has 0 saturated heterocycles. The normalized spacial score (nSPS) is 24.3. The molecule has 4 nitrogen and oxygen atoms in total. The lowest BCUT2D eigenvalue weighted by Gasteiger charge is -2.25. The monoisotopic (exact) mass is 426 g/mol. The van der Waals surface area contributed by atoms with Crippen LogP contribution in [0.2, 0.25) is 0 Å². The van der Waals surface area contributed by atoms with Crippen LogP contribution in [-0.4, -0.2) is 46.3 Å². The first-order valence-corrected chi connectivity index (χ1v) is 8.67. The molecule has 0 aliphatic heterocycles. The molecule has 3 atom stereocenters. The van der Waals surface area contributed by atoms with Crippen LogP contribution in [0.15, 0.2) is 0 Å². The van der Waals surface area contributed by atoms with E-state index in [2.05, 4.69) is 26.3 Å². The smallest absolute Gasteiger partial charge is 0.305 e. The third kappa shape index (κ3) is 8.11. The summed E-state index contributed by atoms with van der Waals surface area (Å²) in [7, 11) is 5.88. The zero-order valence-electron chi connectivity index (χ0n) is 14.8. The van der Waals surface area contributed by atoms with E-state index in [-0.39, 0.29) is 29.9 Å². The van der Waals surface area contributed by atoms with Crippen LogP contribution in [-0.2, 0) is 9.53 Å². The van der Waals surface area contributed by atoms with Crippen LogP contribution in [0.3, 0.4) is 0 Å². The maximum Gasteiger partial charge on any atom is 0.305 e. The maximum atomic E-state index is 11.6. The van der Waals surface area contributed by atoms with E-state index in [9.17, 15) is 4.79 Å². The molecule has 132 valence electrons. The van der Waals surface area contributed by atoms with Crippen molar-refractivity contribution in [1.29, 1.82) is 0 Å². The van der Waals surface area contributed by atoms with Crippen LogP contribution in [0.5, 0.6) is 0 Å². The average Bonchev–Trinajstić information content (AvgIpc) is 2.81. The molecule has 0 aromatic rings. The zero-order valence-corrected chi connectivity index (χ0v) is 16.9. The number of ether oxygens (including phenoxy) is 1. The van der Waals surface area contributed by atoms with E-state index < -0.39 is 0 Å². The molecule has 1 rings (SSSR count). The van der Waals surface area contributed by atoms with Crippen molar-refractivity contribution in [2.45, 2.75) is 57.9 Å². The second-order valence-electron chi connectivity index (χ2n) is 6.80. The van der Waals surface area contributed by atoms with Gasteiger partial charge in [0.05, 0.1) is 27.7 Å². The van der Waals surface area contributed by atoms with Gasteiger partial charge in [-0.2, -0.15) is 0 Å². The lowest BCUT2D eigenvalue weighted by atomic mass is 9.86. The molecule has 3 unspecified atom stereocenters. The van der Waals surface area contributed by atoms with Gasteiger partial charge in [0.1, 0.15) is 0 Å². The Morgan fingerprint density at radius 1 is 1.27 bits per heavy atom. The second-order valence-corrected chi connectivity index (χ2v) is 6.80. The summed E-state index contributed by atoms with van der Waals surface area (Å²) in [6.07, 6.45) is 8.08. The van der Waals surface area contributed by atoms with Crippen LogP contribution in [0, 0.1) is 11.8 Å². The summed E-state index contributed by atoms with van der Waals surface area (Å²) in [5.41, 5.74) is 0. The lowest BCUT2D eigenvalue weighted by Crippen LogP contribution is -3.06. The first kappa shape index (κ1) is 22.1. The molecule has 1 saturated carbocycles. The fourth-order valence-corrected chi connectivity index (χ4v) is 3.53. The highest BCUT2D eigenvalue weighted by Crippen LogP contribution is 2.38. The van der Waals surface area contributed by atoms with Gasteiger partial charge in [0.25, 0.3) is 0 Å². The molecule has 0 spiro atoms. The van der Waals surface area contributed by atoms with Crippen LogP contribution in [0.1, 0.15) is 51.9 Å². The Kier molecular flexibility index (Phi) is 12.6. The van der Waals surface area contributed by atoms with Gasteiger partial charge in [-0.15, -0.1) is 0 Å². The molecule has 2 N–H and O–H groups in total. The quantitative estimate of drug-likeness (QED) is 0.248. The minimum Gasteiger partial charge on any atom is -1.00 e. The van der Waals surface area contributed by atoms with Gasteiger partial charge in [0.2, 0.25) is 0 Å². The van der Waals surface area contributed by atoms with E-state index >= 15 is 0 Å². The molecule has 22 heavy (non-hydrogen) atoms. The van der Waals surface area contributed by atoms with Gasteiger partial charge in [-0.1, -0.05) is 26.2 Å². The van der Waals surface area contributed by atoms with Crippen molar-refractivity contribution in [3.8, 4) is 0 Å². The minimum absolute atomic E-state index is 0. The van der Waals surface area contributed by atoms with Crippen LogP contribution < -0.4 is 34.2 Å². The largest absolute Gasteiger partial charge is 1.00 e. The summed E-state index contributed by atoms with van der Waals surface area (Å²) in [5.74, 6) is 1.12. The number of esters is 1. The second kappa shape index (κ2) is 12.5. The maximum absolute atomic E-state index is 11.6. The molecule has 0 bridgehead atoms. The number of halogens is 1. The minimum atomic E-state index is -0.0427. The topological polar surface area (TPSA) is 42.8 Å². The van der Waals surface area contributed by atoms with Crippen LogP contribution in [0.4, 0.5) is 0 Å². The van der Waals surface area contributed by atoms with Gasteiger partial charge in [-0.25, -0.2) is 0 Å². The Balaban J connectivity index is 0.00000441. The van der Waals surface area contributed by atoms with Crippen molar-refractivity contribution in [3.05, 3.63) is 0 Å². The fraction of sp³-hybridized carbons (Fsp3) is 0.941. The Morgan fingerprint density at radius 2 is 2.00 bits per heavy atom. The van der Waals surface area contributed by atoms with E-state index in [1.54, 1.807) is 0 Å². The number of hydrogen-bond acceptors (Lipinski definition) is 3. The highest BCUT2D eigenvalue weighted by molar-refractivity contribution is 5.69. The summed E-state index contributed by atoms with van der Waals surface area (Å²) in [6, 6.07) is 0.593. The SMILES string of the molecule is CCCCCC1C(CC(=O)OC)CCC1NCC[NH+](C)C.[I-]. The van der Waals surface area contributed by atoms with Crippen molar-refractivity contribution in [1.82, 2.24) is 5.32 Å². The molecular weight excluding hydrogens is 391 g/mol. The standard InChI is InChI=1S/C17H34N2O2.HI/c1-5-6-7-8-15-14(13-17(20)21-4)9-10-16(15)18-11-12-19(2)3;/h14-16,18H,5-13H2,1-4H3;1H. The van der Waals surface area contributed by atoms with E-state index in [0.717, 1.165) is 13.1 Å². The van der Waals surface area contributed by atoms with Gasteiger partial charge in [0, 0.05) is 19.0 Å². The fourth-order valence-electron chi connectivity index (χ4n) is 3.53. The van der Waals surface area contributed by atoms with Crippen molar-refractivity contribution in [3.63, 3.8) is 0 Å². The van der Waals surface area contributed by atoms with Gasteiger partial charge in [-0.05, 0) is 31.1 Å². The van der Waals surface area contributed by atoms with E-state index in [1.807, 2.05) is 0 Å². The summed E-state index contributed by atoms with van der Waals surface area (Å²) in [5, 5.41) is 3.74. The molecule has 0 amide bonds. The van der Waals surface area contributed by atoms with Crippen molar-refractivity contribution in [2.24, 2.45) is 11.8 Å². The van der Waals surface area contributed by atoms with Crippen molar-refractivity contribution >= 4 is 5.97 Å². The molecule has 0 aromatic heterocycles. The van der Waals surface area contributed by atoms with Crippen molar-refractivity contribution in [2.75, 3.05) is 34.3 Å². The van der Waals surface area contributed by atoms with Gasteiger partial charge in [0.15, 0.2) is 0 Å². The highest BCUT2D eigenvalue weighted by Gasteiger charge is 2.36. The van der Waals surface area contributed by atoms with Gasteiger partial charge < -0.3 is 38.9 Å². The van der Waals surface area contributed by atoms with Crippen molar-refractivity contribution < 1.29 is 38.4 Å². The first-order valence-electron chi connectivity index (χ1n) is 8.67. The molecular formula is C17H35IN2O2. The molecule has 5 heteroatoms. The number of methoxy groups -OCH3 is 1. The first-order chi connectivity index (χ1) is 10.1. The average molecular weight is 426 g/mol. The lowest BCUT2D eigenvalue weighted by molar-refractivity contribution is -0.857. The predicted octanol–water partition coefficient (Wildman–Crippen LogP) is -1.74. The summed E-state index contributed by atoms with van der Waals surface area (Å²) in [4.78, 5) is 13.1. The highest BCUT2D eigenvalue weighted by atomic mass is 127.